The first-order chi connectivity index (χ1) is 12.5. The molecule has 0 saturated carbocycles. The molecule has 26 heavy (non-hydrogen) atoms. The van der Waals surface area contributed by atoms with E-state index in [1.165, 1.54) is 21.3 Å². The van der Waals surface area contributed by atoms with E-state index in [1.54, 1.807) is 17.0 Å². The van der Waals surface area contributed by atoms with Gasteiger partial charge >= 0.3 is 0 Å². The highest BCUT2D eigenvalue weighted by Gasteiger charge is 2.29. The molecule has 1 unspecified atom stereocenters. The molecule has 0 aromatic heterocycles. The second-order valence-electron chi connectivity index (χ2n) is 6.30. The second-order valence-corrected chi connectivity index (χ2v) is 6.30. The van der Waals surface area contributed by atoms with Gasteiger partial charge in [0.15, 0.2) is 11.5 Å². The van der Waals surface area contributed by atoms with Crippen molar-refractivity contribution in [3.63, 3.8) is 0 Å². The fraction of sp³-hybridized carbons (Fsp3) is 0.579. The third kappa shape index (κ3) is 4.39. The number of amides is 2. The Morgan fingerprint density at radius 3 is 2.35 bits per heavy atom. The van der Waals surface area contributed by atoms with E-state index in [4.69, 9.17) is 14.2 Å². The number of likely N-dealkylation sites (tertiary alicyclic amines) is 1. The summed E-state index contributed by atoms with van der Waals surface area (Å²) in [6.45, 7) is 3.73. The van der Waals surface area contributed by atoms with Gasteiger partial charge in [0, 0.05) is 25.2 Å². The smallest absolute Gasteiger partial charge is 0.254 e. The van der Waals surface area contributed by atoms with E-state index in [2.05, 4.69) is 5.32 Å². The van der Waals surface area contributed by atoms with Crippen molar-refractivity contribution in [3.8, 4) is 17.2 Å². The van der Waals surface area contributed by atoms with Crippen LogP contribution in [-0.2, 0) is 4.79 Å². The molecule has 1 aliphatic rings. The minimum atomic E-state index is -0.165. The number of ether oxygens (including phenoxy) is 3. The Bertz CT molecular complexity index is 622. The maximum atomic E-state index is 13.0. The van der Waals surface area contributed by atoms with Crippen LogP contribution in [0.4, 0.5) is 0 Å². The van der Waals surface area contributed by atoms with Crippen LogP contribution in [0.1, 0.15) is 36.5 Å². The van der Waals surface area contributed by atoms with E-state index in [1.807, 2.05) is 6.92 Å². The highest BCUT2D eigenvalue weighted by Crippen LogP contribution is 2.38. The number of benzene rings is 1. The molecular formula is C19H28N2O5. The number of carbonyl (C=O) groups excluding carboxylic acids is 2. The van der Waals surface area contributed by atoms with Gasteiger partial charge in [-0.25, -0.2) is 0 Å². The van der Waals surface area contributed by atoms with E-state index >= 15 is 0 Å². The Kier molecular flexibility index (Phi) is 7.12. The standard InChI is InChI=1S/C19H28N2O5/c1-5-8-20-18(22)13-7-6-9-21(12-13)19(23)14-10-15(24-2)17(26-4)16(11-14)25-3/h10-11,13H,5-9,12H2,1-4H3,(H,20,22). The fourth-order valence-corrected chi connectivity index (χ4v) is 3.16. The molecule has 0 spiro atoms. The molecule has 2 rings (SSSR count). The van der Waals surface area contributed by atoms with Crippen LogP contribution < -0.4 is 19.5 Å². The minimum absolute atomic E-state index is 0.0224. The van der Waals surface area contributed by atoms with Gasteiger partial charge in [-0.2, -0.15) is 0 Å². The first-order valence-corrected chi connectivity index (χ1v) is 8.92. The maximum absolute atomic E-state index is 13.0. The lowest BCUT2D eigenvalue weighted by atomic mass is 9.96. The van der Waals surface area contributed by atoms with Crippen LogP contribution in [0, 0.1) is 5.92 Å². The summed E-state index contributed by atoms with van der Waals surface area (Å²) in [5, 5.41) is 2.92. The lowest BCUT2D eigenvalue weighted by Gasteiger charge is -2.32. The van der Waals surface area contributed by atoms with Gasteiger partial charge in [0.1, 0.15) is 0 Å². The first kappa shape index (κ1) is 19.9. The molecule has 0 aliphatic carbocycles. The van der Waals surface area contributed by atoms with Gasteiger partial charge < -0.3 is 24.4 Å². The predicted molar refractivity (Wildman–Crippen MR) is 98.0 cm³/mol. The monoisotopic (exact) mass is 364 g/mol. The van der Waals surface area contributed by atoms with Crippen LogP contribution in [0.2, 0.25) is 0 Å². The zero-order valence-electron chi connectivity index (χ0n) is 16.0. The Morgan fingerprint density at radius 2 is 1.81 bits per heavy atom. The summed E-state index contributed by atoms with van der Waals surface area (Å²) in [5.74, 6) is 1.03. The van der Waals surface area contributed by atoms with Gasteiger partial charge in [0.25, 0.3) is 5.91 Å². The van der Waals surface area contributed by atoms with Gasteiger partial charge in [0.05, 0.1) is 27.2 Å². The number of carbonyl (C=O) groups is 2. The quantitative estimate of drug-likeness (QED) is 0.802. The highest BCUT2D eigenvalue weighted by atomic mass is 16.5. The van der Waals surface area contributed by atoms with Crippen molar-refractivity contribution in [2.45, 2.75) is 26.2 Å². The third-order valence-corrected chi connectivity index (χ3v) is 4.54. The van der Waals surface area contributed by atoms with Crippen LogP contribution in [0.15, 0.2) is 12.1 Å². The molecule has 0 bridgehead atoms. The molecule has 1 aromatic carbocycles. The SMILES string of the molecule is CCCNC(=O)C1CCCN(C(=O)c2cc(OC)c(OC)c(OC)c2)C1. The molecule has 1 N–H and O–H groups in total. The van der Waals surface area contributed by atoms with Gasteiger partial charge in [-0.05, 0) is 31.4 Å². The largest absolute Gasteiger partial charge is 0.493 e. The molecule has 1 saturated heterocycles. The van der Waals surface area contributed by atoms with Crippen LogP contribution in [0.5, 0.6) is 17.2 Å². The van der Waals surface area contributed by atoms with E-state index in [9.17, 15) is 9.59 Å². The summed E-state index contributed by atoms with van der Waals surface area (Å²) in [5.41, 5.74) is 0.453. The van der Waals surface area contributed by atoms with Crippen molar-refractivity contribution in [2.24, 2.45) is 5.92 Å². The average molecular weight is 364 g/mol. The summed E-state index contributed by atoms with van der Waals surface area (Å²) in [6.07, 6.45) is 2.50. The second kappa shape index (κ2) is 9.31. The molecular weight excluding hydrogens is 336 g/mol. The zero-order valence-corrected chi connectivity index (χ0v) is 16.0. The molecule has 2 amide bonds. The molecule has 1 aromatic rings. The van der Waals surface area contributed by atoms with Crippen LogP contribution in [0.3, 0.4) is 0 Å². The van der Waals surface area contributed by atoms with E-state index in [0.717, 1.165) is 19.3 Å². The van der Waals surface area contributed by atoms with Crippen molar-refractivity contribution in [1.82, 2.24) is 10.2 Å². The maximum Gasteiger partial charge on any atom is 0.254 e. The molecule has 0 radical (unpaired) electrons. The first-order valence-electron chi connectivity index (χ1n) is 8.92. The number of nitrogens with one attached hydrogen (secondary N) is 1. The van der Waals surface area contributed by atoms with Gasteiger partial charge in [-0.15, -0.1) is 0 Å². The number of nitrogens with zero attached hydrogens (tertiary/aromatic N) is 1. The summed E-state index contributed by atoms with van der Waals surface area (Å²) < 4.78 is 15.9. The normalized spacial score (nSPS) is 16.8. The van der Waals surface area contributed by atoms with E-state index < -0.39 is 0 Å². The average Bonchev–Trinajstić information content (AvgIpc) is 2.70. The zero-order chi connectivity index (χ0) is 19.1. The molecule has 7 heteroatoms. The van der Waals surface area contributed by atoms with E-state index in [0.29, 0.717) is 42.4 Å². The number of hydrogen-bond acceptors (Lipinski definition) is 5. The van der Waals surface area contributed by atoms with Crippen molar-refractivity contribution < 1.29 is 23.8 Å². The van der Waals surface area contributed by atoms with Crippen molar-refractivity contribution in [3.05, 3.63) is 17.7 Å². The number of rotatable bonds is 7. The molecule has 1 atom stereocenters. The van der Waals surface area contributed by atoms with Gasteiger partial charge in [0.2, 0.25) is 11.7 Å². The number of methoxy groups -OCH3 is 3. The molecule has 1 fully saturated rings. The Hall–Kier alpha value is -2.44. The lowest BCUT2D eigenvalue weighted by molar-refractivity contribution is -0.126. The van der Waals surface area contributed by atoms with Crippen LogP contribution >= 0.6 is 0 Å². The van der Waals surface area contributed by atoms with Crippen molar-refractivity contribution in [1.29, 1.82) is 0 Å². The molecule has 7 nitrogen and oxygen atoms in total. The number of piperidine rings is 1. The summed E-state index contributed by atoms with van der Waals surface area (Å²) in [4.78, 5) is 26.9. The van der Waals surface area contributed by atoms with Gasteiger partial charge in [-0.1, -0.05) is 6.92 Å². The van der Waals surface area contributed by atoms with Gasteiger partial charge in [-0.3, -0.25) is 9.59 Å². The molecule has 144 valence electrons. The van der Waals surface area contributed by atoms with Crippen LogP contribution in [0.25, 0.3) is 0 Å². The Labute approximate surface area is 154 Å². The van der Waals surface area contributed by atoms with Crippen LogP contribution in [-0.4, -0.2) is 57.7 Å². The topological polar surface area (TPSA) is 77.1 Å². The Morgan fingerprint density at radius 1 is 1.15 bits per heavy atom. The third-order valence-electron chi connectivity index (χ3n) is 4.54. The van der Waals surface area contributed by atoms with E-state index in [-0.39, 0.29) is 17.7 Å². The molecule has 1 aliphatic heterocycles. The summed E-state index contributed by atoms with van der Waals surface area (Å²) in [7, 11) is 4.55. The summed E-state index contributed by atoms with van der Waals surface area (Å²) in [6, 6.07) is 3.29. The van der Waals surface area contributed by atoms with Crippen molar-refractivity contribution in [2.75, 3.05) is 41.0 Å². The minimum Gasteiger partial charge on any atom is -0.493 e. The predicted octanol–water partition coefficient (Wildman–Crippen LogP) is 2.09. The summed E-state index contributed by atoms with van der Waals surface area (Å²) >= 11 is 0. The highest BCUT2D eigenvalue weighted by molar-refractivity contribution is 5.96. The number of hydrogen-bond donors (Lipinski definition) is 1. The molecule has 1 heterocycles. The fourth-order valence-electron chi connectivity index (χ4n) is 3.16. The lowest BCUT2D eigenvalue weighted by Crippen LogP contribution is -2.45. The Balaban J connectivity index is 2.18. The van der Waals surface area contributed by atoms with Crippen molar-refractivity contribution >= 4 is 11.8 Å².